The number of hydrogen-bond donors (Lipinski definition) is 0. The molecule has 4 aromatic heterocycles. The minimum atomic E-state index is 0. The second-order valence-electron chi connectivity index (χ2n) is 12.5. The van der Waals surface area contributed by atoms with Gasteiger partial charge in [-0.05, 0) is 68.8 Å². The monoisotopic (exact) mass is 823 g/mol. The van der Waals surface area contributed by atoms with E-state index in [4.69, 9.17) is 15.0 Å². The SMILES string of the molecule is Cn1c(-c2[c-]c(-n3c4[c-]c(-c5nc6ccc(-c7cccc8ccccc78)cc6n5C)ccc4c4cccnc43)ccc2)nc2ccccc21.[Pt+2]. The van der Waals surface area contributed by atoms with E-state index in [1.807, 2.05) is 30.5 Å². The number of pyridine rings is 1. The molecule has 0 amide bonds. The Morgan fingerprint density at radius 1 is 0.560 bits per heavy atom. The maximum atomic E-state index is 5.11. The summed E-state index contributed by atoms with van der Waals surface area (Å²) >= 11 is 0. The molecule has 50 heavy (non-hydrogen) atoms. The Kier molecular flexibility index (Phi) is 7.04. The molecule has 0 bridgehead atoms. The largest absolute Gasteiger partial charge is 2.00 e. The van der Waals surface area contributed by atoms with Gasteiger partial charge in [0.05, 0.1) is 33.7 Å². The quantitative estimate of drug-likeness (QED) is 0.166. The fourth-order valence-corrected chi connectivity index (χ4v) is 7.31. The molecule has 6 nitrogen and oxygen atoms in total. The standard InChI is InChI=1S/C43H28N6.Pt/c1-47-38-18-6-5-17-36(38)45-41(47)29-12-7-13-31(24-29)49-39-26-30(19-21-34(39)35-16-9-23-44-43(35)49)42-46-37-22-20-28(25-40(37)48(42)2)33-15-8-11-27-10-3-4-14-32(27)33;/h3-23,25H,1-2H3;/q-2;+2. The van der Waals surface area contributed by atoms with Crippen molar-refractivity contribution < 1.29 is 21.1 Å². The maximum absolute atomic E-state index is 5.11. The van der Waals surface area contributed by atoms with E-state index in [2.05, 4.69) is 143 Å². The number of para-hydroxylation sites is 2. The van der Waals surface area contributed by atoms with Crippen LogP contribution < -0.4 is 0 Å². The molecule has 0 N–H and O–H groups in total. The van der Waals surface area contributed by atoms with Crippen LogP contribution in [0.2, 0.25) is 0 Å². The average Bonchev–Trinajstić information content (AvgIpc) is 3.79. The number of aromatic nitrogens is 6. The predicted octanol–water partition coefficient (Wildman–Crippen LogP) is 9.70. The molecule has 6 aromatic carbocycles. The van der Waals surface area contributed by atoms with Gasteiger partial charge in [-0.15, -0.1) is 53.6 Å². The number of fused-ring (bicyclic) bond motifs is 6. The van der Waals surface area contributed by atoms with E-state index in [9.17, 15) is 0 Å². The molecule has 0 aliphatic carbocycles. The minimum absolute atomic E-state index is 0. The molecule has 0 spiro atoms. The number of rotatable bonds is 4. The van der Waals surface area contributed by atoms with Crippen LogP contribution in [-0.2, 0) is 35.2 Å². The van der Waals surface area contributed by atoms with Crippen molar-refractivity contribution in [3.05, 3.63) is 146 Å². The molecule has 0 unspecified atom stereocenters. The van der Waals surface area contributed by atoms with Gasteiger partial charge in [-0.3, -0.25) is 9.97 Å². The number of aryl methyl sites for hydroxylation is 2. The summed E-state index contributed by atoms with van der Waals surface area (Å²) in [6.07, 6.45) is 1.84. The first kappa shape index (κ1) is 30.2. The first-order valence-corrected chi connectivity index (χ1v) is 16.3. The summed E-state index contributed by atoms with van der Waals surface area (Å²) in [7, 11) is 4.13. The van der Waals surface area contributed by atoms with Crippen molar-refractivity contribution in [2.24, 2.45) is 14.1 Å². The Balaban J connectivity index is 0.00000336. The molecule has 0 fully saturated rings. The van der Waals surface area contributed by atoms with Crippen LogP contribution in [0.4, 0.5) is 0 Å². The smallest absolute Gasteiger partial charge is 0.367 e. The van der Waals surface area contributed by atoms with Gasteiger partial charge in [-0.25, -0.2) is 4.98 Å². The molecule has 10 aromatic rings. The summed E-state index contributed by atoms with van der Waals surface area (Å²) in [5.74, 6) is 1.72. The van der Waals surface area contributed by atoms with Crippen LogP contribution in [0, 0.1) is 12.1 Å². The first-order chi connectivity index (χ1) is 24.1. The summed E-state index contributed by atoms with van der Waals surface area (Å²) in [5.41, 5.74) is 10.9. The summed E-state index contributed by atoms with van der Waals surface area (Å²) in [5, 5.41) is 4.61. The Labute approximate surface area is 302 Å². The molecule has 4 heterocycles. The van der Waals surface area contributed by atoms with Crippen LogP contribution in [0.15, 0.2) is 134 Å². The van der Waals surface area contributed by atoms with Gasteiger partial charge in [0.1, 0.15) is 5.65 Å². The Bertz CT molecular complexity index is 2920. The molecule has 0 saturated carbocycles. The van der Waals surface area contributed by atoms with E-state index in [0.717, 1.165) is 72.5 Å². The average molecular weight is 824 g/mol. The molecule has 10 rings (SSSR count). The van der Waals surface area contributed by atoms with Crippen molar-refractivity contribution in [2.45, 2.75) is 0 Å². The van der Waals surface area contributed by atoms with Crippen LogP contribution >= 0.6 is 0 Å². The Morgan fingerprint density at radius 2 is 1.28 bits per heavy atom. The summed E-state index contributed by atoms with van der Waals surface area (Å²) in [6.45, 7) is 0. The number of benzene rings is 6. The second-order valence-corrected chi connectivity index (χ2v) is 12.5. The van der Waals surface area contributed by atoms with Crippen molar-refractivity contribution in [3.63, 3.8) is 0 Å². The molecule has 240 valence electrons. The normalized spacial score (nSPS) is 11.6. The molecule has 7 heteroatoms. The minimum Gasteiger partial charge on any atom is -0.367 e. The third-order valence-electron chi connectivity index (χ3n) is 9.71. The fraction of sp³-hybridized carbons (Fsp3) is 0.0465. The van der Waals surface area contributed by atoms with Gasteiger partial charge in [0, 0.05) is 20.3 Å². The summed E-state index contributed by atoms with van der Waals surface area (Å²) in [4.78, 5) is 14.9. The third-order valence-corrected chi connectivity index (χ3v) is 9.71. The molecule has 0 aliphatic heterocycles. The summed E-state index contributed by atoms with van der Waals surface area (Å²) < 4.78 is 6.45. The van der Waals surface area contributed by atoms with E-state index in [-0.39, 0.29) is 21.1 Å². The van der Waals surface area contributed by atoms with Crippen LogP contribution in [0.5, 0.6) is 0 Å². The number of imidazole rings is 2. The van der Waals surface area contributed by atoms with Gasteiger partial charge in [0.15, 0.2) is 0 Å². The first-order valence-electron chi connectivity index (χ1n) is 16.3. The van der Waals surface area contributed by atoms with Crippen molar-refractivity contribution in [1.82, 2.24) is 28.7 Å². The zero-order valence-electron chi connectivity index (χ0n) is 27.2. The topological polar surface area (TPSA) is 53.5 Å². The van der Waals surface area contributed by atoms with Crippen LogP contribution in [0.1, 0.15) is 0 Å². The molecule has 0 radical (unpaired) electrons. The second kappa shape index (κ2) is 11.6. The van der Waals surface area contributed by atoms with Crippen LogP contribution in [-0.4, -0.2) is 28.7 Å². The number of hydrogen-bond acceptors (Lipinski definition) is 3. The van der Waals surface area contributed by atoms with Gasteiger partial charge in [0.2, 0.25) is 0 Å². The van der Waals surface area contributed by atoms with Crippen LogP contribution in [0.25, 0.3) is 94.4 Å². The van der Waals surface area contributed by atoms with Gasteiger partial charge < -0.3 is 13.7 Å². The van der Waals surface area contributed by atoms with Crippen LogP contribution in [0.3, 0.4) is 0 Å². The molecule has 0 saturated heterocycles. The predicted molar refractivity (Wildman–Crippen MR) is 199 cm³/mol. The van der Waals surface area contributed by atoms with Crippen molar-refractivity contribution >= 4 is 54.8 Å². The van der Waals surface area contributed by atoms with Crippen molar-refractivity contribution in [1.29, 1.82) is 0 Å². The van der Waals surface area contributed by atoms with Gasteiger partial charge >= 0.3 is 21.1 Å². The van der Waals surface area contributed by atoms with Crippen molar-refractivity contribution in [2.75, 3.05) is 0 Å². The maximum Gasteiger partial charge on any atom is 2.00 e. The molecule has 0 atom stereocenters. The van der Waals surface area contributed by atoms with E-state index < -0.39 is 0 Å². The fourth-order valence-electron chi connectivity index (χ4n) is 7.31. The number of nitrogens with zero attached hydrogens (tertiary/aromatic N) is 6. The molecular formula is C43H28N6Pt. The molecular weight excluding hydrogens is 796 g/mol. The molecule has 0 aliphatic rings. The Morgan fingerprint density at radius 3 is 2.16 bits per heavy atom. The van der Waals surface area contributed by atoms with Crippen molar-refractivity contribution in [3.8, 4) is 39.6 Å². The summed E-state index contributed by atoms with van der Waals surface area (Å²) in [6, 6.07) is 51.8. The van der Waals surface area contributed by atoms with E-state index in [1.54, 1.807) is 0 Å². The Hall–Kier alpha value is -5.84. The van der Waals surface area contributed by atoms with Gasteiger partial charge in [-0.2, -0.15) is 0 Å². The zero-order valence-corrected chi connectivity index (χ0v) is 29.5. The van der Waals surface area contributed by atoms with Gasteiger partial charge in [0.25, 0.3) is 0 Å². The van der Waals surface area contributed by atoms with Gasteiger partial charge in [-0.1, -0.05) is 72.1 Å². The van der Waals surface area contributed by atoms with E-state index in [1.165, 1.54) is 21.9 Å². The van der Waals surface area contributed by atoms with E-state index >= 15 is 0 Å². The van der Waals surface area contributed by atoms with E-state index in [0.29, 0.717) is 0 Å². The third kappa shape index (κ3) is 4.56. The zero-order chi connectivity index (χ0) is 32.6.